The molecule has 32 heavy (non-hydrogen) atoms. The van der Waals surface area contributed by atoms with Crippen LogP contribution in [0.3, 0.4) is 0 Å². The Bertz CT molecular complexity index is 870. The Kier molecular flexibility index (Phi) is 9.00. The molecule has 0 aliphatic rings. The van der Waals surface area contributed by atoms with E-state index in [-0.39, 0.29) is 24.2 Å². The first-order valence-electron chi connectivity index (χ1n) is 11.8. The van der Waals surface area contributed by atoms with Gasteiger partial charge in [-0.1, -0.05) is 0 Å². The van der Waals surface area contributed by atoms with Gasteiger partial charge in [-0.2, -0.15) is 0 Å². The lowest BCUT2D eigenvalue weighted by Gasteiger charge is -2.32. The summed E-state index contributed by atoms with van der Waals surface area (Å²) in [7, 11) is 0. The second-order valence-corrected chi connectivity index (χ2v) is 10.8. The number of thiol groups is 2. The van der Waals surface area contributed by atoms with Crippen LogP contribution >= 0.6 is 25.3 Å². The first-order valence-corrected chi connectivity index (χ1v) is 12.7. The van der Waals surface area contributed by atoms with Crippen molar-refractivity contribution in [3.63, 3.8) is 0 Å². The van der Waals surface area contributed by atoms with Crippen molar-refractivity contribution >= 4 is 25.3 Å². The van der Waals surface area contributed by atoms with Gasteiger partial charge in [-0.05, 0) is 139 Å². The fraction of sp³-hybridized carbons (Fsp3) is 0.571. The maximum atomic E-state index is 4.90. The molecular weight excluding hydrogens is 428 g/mol. The summed E-state index contributed by atoms with van der Waals surface area (Å²) in [6, 6.07) is 1.03. The summed E-state index contributed by atoms with van der Waals surface area (Å²) in [6.07, 6.45) is 0. The topological polar surface area (TPSA) is 24.1 Å². The quantitative estimate of drug-likeness (QED) is 0.313. The lowest BCUT2D eigenvalue weighted by molar-refractivity contribution is 0.352. The van der Waals surface area contributed by atoms with Gasteiger partial charge in [-0.15, -0.1) is 25.3 Å². The first-order chi connectivity index (χ1) is 14.7. The third kappa shape index (κ3) is 5.09. The predicted molar refractivity (Wildman–Crippen MR) is 147 cm³/mol. The zero-order valence-corrected chi connectivity index (χ0v) is 24.0. The van der Waals surface area contributed by atoms with E-state index < -0.39 is 0 Å². The predicted octanol–water partition coefficient (Wildman–Crippen LogP) is 7.51. The maximum Gasteiger partial charge on any atom is 0.0308 e. The van der Waals surface area contributed by atoms with Crippen LogP contribution in [-0.2, 0) is 0 Å². The number of hydrogen-bond acceptors (Lipinski definition) is 4. The van der Waals surface area contributed by atoms with E-state index in [1.165, 1.54) is 55.6 Å². The average molecular weight is 473 g/mol. The molecule has 178 valence electrons. The smallest absolute Gasteiger partial charge is 0.0308 e. The molecule has 0 amide bonds. The Balaban J connectivity index is 2.22. The van der Waals surface area contributed by atoms with Crippen LogP contribution in [0.5, 0.6) is 0 Å². The summed E-state index contributed by atoms with van der Waals surface area (Å²) in [4.78, 5) is 2.24. The number of hydrogen-bond donors (Lipinski definition) is 4. The molecule has 0 aromatic heterocycles. The summed E-state index contributed by atoms with van der Waals surface area (Å²) in [5, 5.41) is 7.68. The van der Waals surface area contributed by atoms with Crippen molar-refractivity contribution in [2.75, 3.05) is 0 Å². The molecule has 0 spiro atoms. The molecule has 2 rings (SSSR count). The van der Waals surface area contributed by atoms with Gasteiger partial charge >= 0.3 is 0 Å². The molecule has 0 aliphatic carbocycles. The average Bonchev–Trinajstić information content (AvgIpc) is 2.73. The minimum absolute atomic E-state index is 0.223. The van der Waals surface area contributed by atoms with Crippen molar-refractivity contribution in [3.05, 3.63) is 55.6 Å². The minimum atomic E-state index is 0.223. The molecule has 0 fully saturated rings. The monoisotopic (exact) mass is 472 g/mol. The molecule has 0 saturated heterocycles. The molecule has 0 radical (unpaired) electrons. The fourth-order valence-electron chi connectivity index (χ4n) is 4.95. The summed E-state index contributed by atoms with van der Waals surface area (Å²) >= 11 is 9.80. The summed E-state index contributed by atoms with van der Waals surface area (Å²) in [5.74, 6) is 0. The van der Waals surface area contributed by atoms with Crippen LogP contribution in [0.1, 0.15) is 95.4 Å². The van der Waals surface area contributed by atoms with Gasteiger partial charge < -0.3 is 10.6 Å². The largest absolute Gasteiger partial charge is 0.306 e. The highest BCUT2D eigenvalue weighted by Crippen LogP contribution is 2.35. The zero-order valence-electron chi connectivity index (χ0n) is 22.2. The van der Waals surface area contributed by atoms with E-state index in [2.05, 4.69) is 93.7 Å². The Morgan fingerprint density at radius 2 is 0.688 bits per heavy atom. The molecule has 0 heterocycles. The van der Waals surface area contributed by atoms with Crippen molar-refractivity contribution in [3.8, 4) is 0 Å². The molecule has 0 saturated carbocycles. The minimum Gasteiger partial charge on any atom is -0.306 e. The van der Waals surface area contributed by atoms with E-state index in [1.54, 1.807) is 0 Å². The fourth-order valence-corrected chi connectivity index (χ4v) is 6.01. The lowest BCUT2D eigenvalue weighted by Crippen LogP contribution is -2.46. The van der Waals surface area contributed by atoms with Crippen molar-refractivity contribution in [2.45, 2.75) is 117 Å². The van der Waals surface area contributed by atoms with Gasteiger partial charge in [0, 0.05) is 34.0 Å². The highest BCUT2D eigenvalue weighted by atomic mass is 32.1. The molecule has 2 N–H and O–H groups in total. The SMILES string of the molecule is Cc1c(C)c(C)c(C(C)NC(C)C(C)NC(C)c2c(C)c(C)c(C)c(C)c2S)c(S)c1C. The normalized spacial score (nSPS) is 15.6. The molecule has 4 unspecified atom stereocenters. The second kappa shape index (κ2) is 10.5. The van der Waals surface area contributed by atoms with Gasteiger partial charge in [-0.25, -0.2) is 0 Å². The van der Waals surface area contributed by atoms with Gasteiger partial charge in [0.15, 0.2) is 0 Å². The second-order valence-electron chi connectivity index (χ2n) is 9.88. The van der Waals surface area contributed by atoms with Crippen LogP contribution in [0, 0.1) is 55.4 Å². The highest BCUT2D eigenvalue weighted by molar-refractivity contribution is 7.80. The van der Waals surface area contributed by atoms with Crippen LogP contribution in [0.15, 0.2) is 9.79 Å². The van der Waals surface area contributed by atoms with Gasteiger partial charge in [0.2, 0.25) is 0 Å². The number of rotatable bonds is 7. The van der Waals surface area contributed by atoms with E-state index in [9.17, 15) is 0 Å². The van der Waals surface area contributed by atoms with Crippen molar-refractivity contribution in [1.82, 2.24) is 10.6 Å². The lowest BCUT2D eigenvalue weighted by atomic mass is 9.90. The van der Waals surface area contributed by atoms with E-state index in [0.717, 1.165) is 9.79 Å². The maximum absolute atomic E-state index is 4.90. The first kappa shape index (κ1) is 27.3. The van der Waals surface area contributed by atoms with Gasteiger partial charge in [0.25, 0.3) is 0 Å². The molecule has 2 nitrogen and oxygen atoms in total. The molecule has 4 heteroatoms. The van der Waals surface area contributed by atoms with E-state index in [0.29, 0.717) is 0 Å². The summed E-state index contributed by atoms with van der Waals surface area (Å²) in [6.45, 7) is 26.7. The Morgan fingerprint density at radius 3 is 0.969 bits per heavy atom. The third-order valence-electron chi connectivity index (χ3n) is 8.05. The van der Waals surface area contributed by atoms with Crippen molar-refractivity contribution < 1.29 is 0 Å². The Labute approximate surface area is 208 Å². The number of nitrogens with one attached hydrogen (secondary N) is 2. The third-order valence-corrected chi connectivity index (χ3v) is 9.20. The highest BCUT2D eigenvalue weighted by Gasteiger charge is 2.24. The molecule has 0 aliphatic heterocycles. The van der Waals surface area contributed by atoms with Gasteiger partial charge in [0.05, 0.1) is 0 Å². The van der Waals surface area contributed by atoms with Gasteiger partial charge in [-0.3, -0.25) is 0 Å². The molecule has 2 aromatic carbocycles. The van der Waals surface area contributed by atoms with Crippen molar-refractivity contribution in [1.29, 1.82) is 0 Å². The van der Waals surface area contributed by atoms with Crippen LogP contribution in [0.25, 0.3) is 0 Å². The van der Waals surface area contributed by atoms with Crippen molar-refractivity contribution in [2.24, 2.45) is 0 Å². The van der Waals surface area contributed by atoms with E-state index in [4.69, 9.17) is 25.3 Å². The van der Waals surface area contributed by atoms with Gasteiger partial charge in [0.1, 0.15) is 0 Å². The van der Waals surface area contributed by atoms with Crippen LogP contribution in [0.4, 0.5) is 0 Å². The molecular formula is C28H44N2S2. The number of benzene rings is 2. The van der Waals surface area contributed by atoms with Crippen LogP contribution in [-0.4, -0.2) is 12.1 Å². The standard InChI is InChI=1S/C28H44N2S2/c1-13-15(3)19(7)27(31)25(17(13)5)23(11)29-21(9)22(10)30-24(12)26-18(6)14(2)16(4)20(8)28(26)32/h21-24,29-32H,1-12H3. The van der Waals surface area contributed by atoms with E-state index in [1.807, 2.05) is 0 Å². The van der Waals surface area contributed by atoms with Crippen LogP contribution in [0.2, 0.25) is 0 Å². The zero-order chi connectivity index (χ0) is 24.7. The summed E-state index contributed by atoms with van der Waals surface area (Å²) < 4.78 is 0. The molecule has 4 atom stereocenters. The van der Waals surface area contributed by atoms with E-state index >= 15 is 0 Å². The summed E-state index contributed by atoms with van der Waals surface area (Å²) in [5.41, 5.74) is 13.4. The molecule has 2 aromatic rings. The van der Waals surface area contributed by atoms with Crippen LogP contribution < -0.4 is 10.6 Å². The Morgan fingerprint density at radius 1 is 0.438 bits per heavy atom. The molecule has 0 bridgehead atoms. The Hall–Kier alpha value is -0.940.